The van der Waals surface area contributed by atoms with E-state index < -0.39 is 0 Å². The van der Waals surface area contributed by atoms with E-state index in [1.54, 1.807) is 0 Å². The molecular weight excluding hydrogens is 162 g/mol. The maximum atomic E-state index is 10.9. The fourth-order valence-electron chi connectivity index (χ4n) is 1.33. The molecule has 0 unspecified atom stereocenters. The second-order valence-corrected chi connectivity index (χ2v) is 2.63. The van der Waals surface area contributed by atoms with Gasteiger partial charge in [-0.25, -0.2) is 0 Å². The zero-order valence-electron chi connectivity index (χ0n) is 6.23. The van der Waals surface area contributed by atoms with Crippen molar-refractivity contribution in [3.63, 3.8) is 0 Å². The van der Waals surface area contributed by atoms with E-state index >= 15 is 0 Å². The van der Waals surface area contributed by atoms with Gasteiger partial charge in [0.2, 0.25) is 5.69 Å². The Morgan fingerprint density at radius 2 is 2.42 bits per heavy atom. The van der Waals surface area contributed by atoms with Crippen molar-refractivity contribution in [2.24, 2.45) is 5.16 Å². The van der Waals surface area contributed by atoms with Crippen LogP contribution in [0.25, 0.3) is 0 Å². The highest BCUT2D eigenvalue weighted by molar-refractivity contribution is 5.99. The SMILES string of the molecule is [O-][n+]1onc2c1CCC/C2=N\O. The summed E-state index contributed by atoms with van der Waals surface area (Å²) in [6.07, 6.45) is 2.05. The van der Waals surface area contributed by atoms with Crippen LogP contribution >= 0.6 is 0 Å². The van der Waals surface area contributed by atoms with Gasteiger partial charge in [0.25, 0.3) is 5.69 Å². The molecule has 0 atom stereocenters. The molecule has 1 aliphatic carbocycles. The minimum atomic E-state index is 0.361. The fourth-order valence-corrected chi connectivity index (χ4v) is 1.33. The molecule has 0 aromatic carbocycles. The summed E-state index contributed by atoms with van der Waals surface area (Å²) in [4.78, 5) is 0.361. The number of rotatable bonds is 0. The van der Waals surface area contributed by atoms with E-state index in [9.17, 15) is 5.21 Å². The molecule has 0 bridgehead atoms. The summed E-state index contributed by atoms with van der Waals surface area (Å²) in [5.74, 6) is 0. The molecule has 1 heterocycles. The van der Waals surface area contributed by atoms with Crippen LogP contribution in [0, 0.1) is 5.21 Å². The number of hydrogen-bond acceptors (Lipinski definition) is 5. The van der Waals surface area contributed by atoms with E-state index in [0.29, 0.717) is 34.8 Å². The topological polar surface area (TPSA) is 85.6 Å². The Bertz CT molecular complexity index is 331. The van der Waals surface area contributed by atoms with Gasteiger partial charge in [-0.3, -0.25) is 4.63 Å². The number of fused-ring (bicyclic) bond motifs is 1. The van der Waals surface area contributed by atoms with Gasteiger partial charge in [0, 0.05) is 11.6 Å². The van der Waals surface area contributed by atoms with Gasteiger partial charge >= 0.3 is 0 Å². The van der Waals surface area contributed by atoms with E-state index in [2.05, 4.69) is 14.9 Å². The van der Waals surface area contributed by atoms with Crippen LogP contribution in [-0.2, 0) is 6.42 Å². The van der Waals surface area contributed by atoms with Crippen LogP contribution in [0.2, 0.25) is 0 Å². The molecule has 0 fully saturated rings. The Morgan fingerprint density at radius 3 is 3.17 bits per heavy atom. The molecule has 1 aliphatic rings. The lowest BCUT2D eigenvalue weighted by atomic mass is 9.99. The van der Waals surface area contributed by atoms with E-state index in [1.165, 1.54) is 0 Å². The Kier molecular flexibility index (Phi) is 1.46. The van der Waals surface area contributed by atoms with Crippen LogP contribution in [0.1, 0.15) is 24.2 Å². The Labute approximate surface area is 67.6 Å². The van der Waals surface area contributed by atoms with Crippen molar-refractivity contribution in [3.05, 3.63) is 16.6 Å². The minimum absolute atomic E-state index is 0.361. The van der Waals surface area contributed by atoms with Gasteiger partial charge in [0.15, 0.2) is 0 Å². The molecule has 2 rings (SSSR count). The molecule has 1 aromatic heterocycles. The molecule has 6 nitrogen and oxygen atoms in total. The Hall–Kier alpha value is -1.59. The third-order valence-corrected chi connectivity index (χ3v) is 1.92. The van der Waals surface area contributed by atoms with Crippen LogP contribution in [0.3, 0.4) is 0 Å². The number of hydrogen-bond donors (Lipinski definition) is 1. The number of oxime groups is 1. The number of aromatic nitrogens is 2. The summed E-state index contributed by atoms with van der Waals surface area (Å²) < 4.78 is 4.37. The first kappa shape index (κ1) is 7.08. The molecule has 12 heavy (non-hydrogen) atoms. The van der Waals surface area contributed by atoms with Gasteiger partial charge in [-0.15, -0.1) is 0 Å². The summed E-state index contributed by atoms with van der Waals surface area (Å²) in [5.41, 5.74) is 1.27. The van der Waals surface area contributed by atoms with Crippen LogP contribution in [-0.4, -0.2) is 16.1 Å². The molecule has 0 saturated heterocycles. The van der Waals surface area contributed by atoms with Crippen molar-refractivity contribution in [2.75, 3.05) is 0 Å². The lowest BCUT2D eigenvalue weighted by Crippen LogP contribution is -2.30. The maximum Gasteiger partial charge on any atom is 0.268 e. The largest absolute Gasteiger partial charge is 0.411 e. The highest BCUT2D eigenvalue weighted by Gasteiger charge is 2.28. The lowest BCUT2D eigenvalue weighted by molar-refractivity contribution is -0.808. The summed E-state index contributed by atoms with van der Waals surface area (Å²) >= 11 is 0. The first-order chi connectivity index (χ1) is 5.83. The summed E-state index contributed by atoms with van der Waals surface area (Å²) in [7, 11) is 0. The van der Waals surface area contributed by atoms with Crippen molar-refractivity contribution in [1.29, 1.82) is 0 Å². The maximum absolute atomic E-state index is 10.9. The van der Waals surface area contributed by atoms with Crippen molar-refractivity contribution < 1.29 is 14.7 Å². The predicted octanol–water partition coefficient (Wildman–Crippen LogP) is -0.177. The number of nitrogens with zero attached hydrogens (tertiary/aromatic N) is 3. The Morgan fingerprint density at radius 1 is 1.58 bits per heavy atom. The average Bonchev–Trinajstić information content (AvgIpc) is 2.48. The van der Waals surface area contributed by atoms with Gasteiger partial charge in [0.1, 0.15) is 5.71 Å². The van der Waals surface area contributed by atoms with Crippen molar-refractivity contribution in [2.45, 2.75) is 19.3 Å². The average molecular weight is 169 g/mol. The van der Waals surface area contributed by atoms with Crippen molar-refractivity contribution in [3.8, 4) is 0 Å². The predicted molar refractivity (Wildman–Crippen MR) is 36.7 cm³/mol. The summed E-state index contributed by atoms with van der Waals surface area (Å²) in [6.45, 7) is 0. The molecule has 0 saturated carbocycles. The standard InChI is InChI=1S/C6H7N3O3/c10-7-4-2-1-3-5-6(4)8-12-9(5)11/h10H,1-3H2/b7-4+. The van der Waals surface area contributed by atoms with Crippen LogP contribution < -0.4 is 4.90 Å². The molecular formula is C6H7N3O3. The molecule has 0 spiro atoms. The van der Waals surface area contributed by atoms with Gasteiger partial charge < -0.3 is 10.4 Å². The highest BCUT2D eigenvalue weighted by Crippen LogP contribution is 2.16. The molecule has 64 valence electrons. The minimum Gasteiger partial charge on any atom is -0.411 e. The second-order valence-electron chi connectivity index (χ2n) is 2.63. The molecule has 0 aliphatic heterocycles. The summed E-state index contributed by atoms with van der Waals surface area (Å²) in [5, 5.41) is 26.0. The van der Waals surface area contributed by atoms with Crippen molar-refractivity contribution in [1.82, 2.24) is 5.16 Å². The smallest absolute Gasteiger partial charge is 0.268 e. The van der Waals surface area contributed by atoms with Crippen LogP contribution in [0.15, 0.2) is 9.78 Å². The molecule has 6 heteroatoms. The first-order valence-electron chi connectivity index (χ1n) is 3.63. The monoisotopic (exact) mass is 169 g/mol. The quantitative estimate of drug-likeness (QED) is 0.331. The van der Waals surface area contributed by atoms with Gasteiger partial charge in [-0.2, -0.15) is 0 Å². The van der Waals surface area contributed by atoms with Gasteiger partial charge in [-0.1, -0.05) is 5.16 Å². The van der Waals surface area contributed by atoms with E-state index in [0.717, 1.165) is 6.42 Å². The first-order valence-corrected chi connectivity index (χ1v) is 3.63. The second kappa shape index (κ2) is 2.47. The van der Waals surface area contributed by atoms with E-state index in [-0.39, 0.29) is 0 Å². The van der Waals surface area contributed by atoms with Crippen LogP contribution in [0.5, 0.6) is 0 Å². The van der Waals surface area contributed by atoms with Gasteiger partial charge in [-0.05, 0) is 17.7 Å². The van der Waals surface area contributed by atoms with Gasteiger partial charge in [0.05, 0.1) is 0 Å². The zero-order valence-corrected chi connectivity index (χ0v) is 6.23. The van der Waals surface area contributed by atoms with Crippen LogP contribution in [0.4, 0.5) is 0 Å². The highest BCUT2D eigenvalue weighted by atomic mass is 16.8. The third-order valence-electron chi connectivity index (χ3n) is 1.92. The fraction of sp³-hybridized carbons (Fsp3) is 0.500. The normalized spacial score (nSPS) is 19.5. The molecule has 1 N–H and O–H groups in total. The van der Waals surface area contributed by atoms with E-state index in [4.69, 9.17) is 5.21 Å². The van der Waals surface area contributed by atoms with Crippen molar-refractivity contribution >= 4 is 5.71 Å². The third kappa shape index (κ3) is 0.843. The summed E-state index contributed by atoms with van der Waals surface area (Å²) in [6, 6.07) is 0. The van der Waals surface area contributed by atoms with E-state index in [1.807, 2.05) is 0 Å². The Balaban J connectivity index is 2.53. The molecule has 0 amide bonds. The lowest BCUT2D eigenvalue weighted by Gasteiger charge is -2.04. The zero-order chi connectivity index (χ0) is 8.55. The molecule has 0 radical (unpaired) electrons. The molecule has 1 aromatic rings.